The number of aliphatic hydroxyl groups excluding tert-OH is 1. The van der Waals surface area contributed by atoms with Crippen LogP contribution in [0, 0.1) is 11.7 Å². The number of halogens is 1. The van der Waals surface area contributed by atoms with Crippen molar-refractivity contribution in [1.82, 2.24) is 0 Å². The molecule has 3 heteroatoms. The van der Waals surface area contributed by atoms with Crippen molar-refractivity contribution in [1.29, 1.82) is 0 Å². The minimum atomic E-state index is -0.786. The molecule has 0 saturated heterocycles. The van der Waals surface area contributed by atoms with E-state index in [1.165, 1.54) is 6.07 Å². The fourth-order valence-electron chi connectivity index (χ4n) is 1.92. The number of anilines is 1. The highest BCUT2D eigenvalue weighted by Gasteiger charge is 2.16. The molecule has 0 fully saturated rings. The van der Waals surface area contributed by atoms with Crippen LogP contribution in [0.5, 0.6) is 0 Å². The van der Waals surface area contributed by atoms with Crippen molar-refractivity contribution < 1.29 is 9.50 Å². The lowest BCUT2D eigenvalue weighted by molar-refractivity contribution is 0.194. The van der Waals surface area contributed by atoms with Gasteiger partial charge in [-0.2, -0.15) is 0 Å². The van der Waals surface area contributed by atoms with E-state index in [1.54, 1.807) is 13.0 Å². The summed E-state index contributed by atoms with van der Waals surface area (Å²) in [4.78, 5) is 1.98. The Hall–Kier alpha value is -1.09. The zero-order chi connectivity index (χ0) is 12.3. The lowest BCUT2D eigenvalue weighted by Crippen LogP contribution is -2.24. The van der Waals surface area contributed by atoms with E-state index in [0.29, 0.717) is 11.5 Å². The van der Waals surface area contributed by atoms with Crippen LogP contribution < -0.4 is 4.90 Å². The Morgan fingerprint density at radius 1 is 1.31 bits per heavy atom. The van der Waals surface area contributed by atoms with Crippen LogP contribution >= 0.6 is 0 Å². The summed E-state index contributed by atoms with van der Waals surface area (Å²) in [5.41, 5.74) is 1.15. The van der Waals surface area contributed by atoms with Crippen LogP contribution in [0.2, 0.25) is 0 Å². The summed E-state index contributed by atoms with van der Waals surface area (Å²) in [5.74, 6) is 0.151. The van der Waals surface area contributed by atoms with Gasteiger partial charge in [-0.25, -0.2) is 4.39 Å². The molecule has 0 spiro atoms. The Labute approximate surface area is 96.7 Å². The van der Waals surface area contributed by atoms with Gasteiger partial charge in [-0.1, -0.05) is 19.9 Å². The number of aliphatic hydroxyl groups is 1. The van der Waals surface area contributed by atoms with Crippen LogP contribution in [0.25, 0.3) is 0 Å². The molecule has 0 bridgehead atoms. The summed E-state index contributed by atoms with van der Waals surface area (Å²) in [6.45, 7) is 6.64. The maximum Gasteiger partial charge on any atom is 0.131 e. The summed E-state index contributed by atoms with van der Waals surface area (Å²) in [5, 5.41) is 9.60. The largest absolute Gasteiger partial charge is 0.389 e. The molecular formula is C13H20FNO. The second kappa shape index (κ2) is 5.30. The van der Waals surface area contributed by atoms with Gasteiger partial charge in [0.1, 0.15) is 5.82 Å². The molecular weight excluding hydrogens is 205 g/mol. The molecule has 16 heavy (non-hydrogen) atoms. The first-order chi connectivity index (χ1) is 7.43. The minimum absolute atomic E-state index is 0.344. The van der Waals surface area contributed by atoms with Crippen LogP contribution in [0.15, 0.2) is 18.2 Å². The molecule has 1 aromatic rings. The van der Waals surface area contributed by atoms with Crippen molar-refractivity contribution in [2.75, 3.05) is 18.5 Å². The first-order valence-electron chi connectivity index (χ1n) is 5.61. The molecule has 0 aliphatic carbocycles. The van der Waals surface area contributed by atoms with Gasteiger partial charge in [-0.05, 0) is 25.0 Å². The second-order valence-corrected chi connectivity index (χ2v) is 4.62. The topological polar surface area (TPSA) is 23.5 Å². The third kappa shape index (κ3) is 2.95. The molecule has 0 amide bonds. The van der Waals surface area contributed by atoms with Gasteiger partial charge in [0.2, 0.25) is 0 Å². The van der Waals surface area contributed by atoms with E-state index in [9.17, 15) is 9.50 Å². The summed E-state index contributed by atoms with van der Waals surface area (Å²) in [6.07, 6.45) is -0.786. The van der Waals surface area contributed by atoms with Crippen LogP contribution in [-0.2, 0) is 0 Å². The molecule has 1 aromatic carbocycles. The summed E-state index contributed by atoms with van der Waals surface area (Å²) < 4.78 is 13.6. The van der Waals surface area contributed by atoms with E-state index >= 15 is 0 Å². The summed E-state index contributed by atoms with van der Waals surface area (Å²) >= 11 is 0. The molecule has 0 aromatic heterocycles. The summed E-state index contributed by atoms with van der Waals surface area (Å²) in [7, 11) is 1.92. The van der Waals surface area contributed by atoms with Crippen LogP contribution in [-0.4, -0.2) is 18.7 Å². The molecule has 1 rings (SSSR count). The van der Waals surface area contributed by atoms with Gasteiger partial charge in [-0.3, -0.25) is 0 Å². The highest BCUT2D eigenvalue weighted by Crippen LogP contribution is 2.28. The lowest BCUT2D eigenvalue weighted by atomic mass is 10.1. The SMILES string of the molecule is CC(C)CN(C)c1cccc(F)c1C(C)O. The van der Waals surface area contributed by atoms with Crippen molar-refractivity contribution in [3.63, 3.8) is 0 Å². The molecule has 0 heterocycles. The monoisotopic (exact) mass is 225 g/mol. The molecule has 0 radical (unpaired) electrons. The molecule has 90 valence electrons. The molecule has 1 unspecified atom stereocenters. The Morgan fingerprint density at radius 2 is 1.94 bits per heavy atom. The maximum absolute atomic E-state index is 13.6. The maximum atomic E-state index is 13.6. The van der Waals surface area contributed by atoms with Gasteiger partial charge in [0, 0.05) is 24.8 Å². The highest BCUT2D eigenvalue weighted by atomic mass is 19.1. The van der Waals surface area contributed by atoms with E-state index in [2.05, 4.69) is 13.8 Å². The fraction of sp³-hybridized carbons (Fsp3) is 0.538. The predicted molar refractivity (Wildman–Crippen MR) is 65.1 cm³/mol. The number of rotatable bonds is 4. The van der Waals surface area contributed by atoms with Gasteiger partial charge in [-0.15, -0.1) is 0 Å². The Kier molecular flexibility index (Phi) is 4.30. The molecule has 0 saturated carbocycles. The Balaban J connectivity index is 3.07. The zero-order valence-corrected chi connectivity index (χ0v) is 10.4. The predicted octanol–water partition coefficient (Wildman–Crippen LogP) is 2.97. The summed E-state index contributed by atoms with van der Waals surface area (Å²) in [6, 6.07) is 4.90. The van der Waals surface area contributed by atoms with Crippen molar-refractivity contribution in [2.24, 2.45) is 5.92 Å². The van der Waals surface area contributed by atoms with E-state index in [0.717, 1.165) is 12.2 Å². The highest BCUT2D eigenvalue weighted by molar-refractivity contribution is 5.54. The first-order valence-corrected chi connectivity index (χ1v) is 5.61. The van der Waals surface area contributed by atoms with Gasteiger partial charge in [0.05, 0.1) is 6.10 Å². The van der Waals surface area contributed by atoms with Gasteiger partial charge in [0.15, 0.2) is 0 Å². The average molecular weight is 225 g/mol. The number of hydrogen-bond donors (Lipinski definition) is 1. The third-order valence-corrected chi connectivity index (χ3v) is 2.50. The molecule has 2 nitrogen and oxygen atoms in total. The third-order valence-electron chi connectivity index (χ3n) is 2.50. The van der Waals surface area contributed by atoms with E-state index in [1.807, 2.05) is 18.0 Å². The minimum Gasteiger partial charge on any atom is -0.389 e. The smallest absolute Gasteiger partial charge is 0.131 e. The van der Waals surface area contributed by atoms with E-state index < -0.39 is 6.10 Å². The molecule has 0 aliphatic rings. The lowest BCUT2D eigenvalue weighted by Gasteiger charge is -2.25. The van der Waals surface area contributed by atoms with E-state index in [4.69, 9.17) is 0 Å². The van der Waals surface area contributed by atoms with E-state index in [-0.39, 0.29) is 5.82 Å². The molecule has 1 atom stereocenters. The van der Waals surface area contributed by atoms with Gasteiger partial charge in [0.25, 0.3) is 0 Å². The number of benzene rings is 1. The van der Waals surface area contributed by atoms with Crippen molar-refractivity contribution in [3.8, 4) is 0 Å². The fourth-order valence-corrected chi connectivity index (χ4v) is 1.92. The average Bonchev–Trinajstić information content (AvgIpc) is 2.15. The first kappa shape index (κ1) is 13.0. The number of nitrogens with zero attached hydrogens (tertiary/aromatic N) is 1. The standard InChI is InChI=1S/C13H20FNO/c1-9(2)8-15(4)12-7-5-6-11(14)13(12)10(3)16/h5-7,9-10,16H,8H2,1-4H3. The van der Waals surface area contributed by atoms with Crippen LogP contribution in [0.4, 0.5) is 10.1 Å². The van der Waals surface area contributed by atoms with Crippen molar-refractivity contribution in [2.45, 2.75) is 26.9 Å². The Morgan fingerprint density at radius 3 is 2.44 bits per heavy atom. The number of hydrogen-bond acceptors (Lipinski definition) is 2. The van der Waals surface area contributed by atoms with Crippen LogP contribution in [0.1, 0.15) is 32.4 Å². The van der Waals surface area contributed by atoms with Gasteiger partial charge >= 0.3 is 0 Å². The van der Waals surface area contributed by atoms with Crippen LogP contribution in [0.3, 0.4) is 0 Å². The quantitative estimate of drug-likeness (QED) is 0.851. The van der Waals surface area contributed by atoms with Gasteiger partial charge < -0.3 is 10.0 Å². The van der Waals surface area contributed by atoms with Crippen molar-refractivity contribution in [3.05, 3.63) is 29.6 Å². The zero-order valence-electron chi connectivity index (χ0n) is 10.4. The molecule has 1 N–H and O–H groups in total. The molecule has 0 aliphatic heterocycles. The second-order valence-electron chi connectivity index (χ2n) is 4.62. The Bertz CT molecular complexity index is 350. The normalized spacial score (nSPS) is 12.9. The van der Waals surface area contributed by atoms with Crippen molar-refractivity contribution >= 4 is 5.69 Å².